The normalized spacial score (nSPS) is 14.8. The first kappa shape index (κ1) is 32.2. The van der Waals surface area contributed by atoms with Crippen LogP contribution in [0.1, 0.15) is 40.9 Å². The van der Waals surface area contributed by atoms with Gasteiger partial charge in [-0.15, -0.1) is 11.3 Å². The van der Waals surface area contributed by atoms with Crippen molar-refractivity contribution in [3.05, 3.63) is 99.3 Å². The Bertz CT molecular complexity index is 1770. The summed E-state index contributed by atoms with van der Waals surface area (Å²) in [5.74, 6) is -0.609. The highest BCUT2D eigenvalue weighted by molar-refractivity contribution is 7.91. The summed E-state index contributed by atoms with van der Waals surface area (Å²) in [4.78, 5) is 29.7. The number of hydrogen-bond acceptors (Lipinski definition) is 6. The number of benzene rings is 3. The van der Waals surface area contributed by atoms with Gasteiger partial charge in [0, 0.05) is 40.7 Å². The van der Waals surface area contributed by atoms with Gasteiger partial charge in [-0.1, -0.05) is 71.7 Å². The van der Waals surface area contributed by atoms with Gasteiger partial charge in [-0.2, -0.15) is 0 Å². The Kier molecular flexibility index (Phi) is 9.82. The van der Waals surface area contributed by atoms with Crippen LogP contribution in [0.15, 0.2) is 83.8 Å². The molecule has 0 aliphatic carbocycles. The fraction of sp³-hybridized carbons (Fsp3) is 0.273. The zero-order valence-corrected chi connectivity index (χ0v) is 27.0. The SMILES string of the molecule is NC(=O)C1(c2ccccc2)CCN(C(=O)c2cc(-c3ccc(S(=O)(=O)CCCCO)cc3)c(-c3ccc(Cl)cc3Cl)s2)CC1. The number of aliphatic hydroxyl groups excluding tert-OH is 1. The molecule has 3 aromatic carbocycles. The van der Waals surface area contributed by atoms with Crippen LogP contribution in [0.5, 0.6) is 0 Å². The lowest BCUT2D eigenvalue weighted by molar-refractivity contribution is -0.125. The molecule has 0 radical (unpaired) electrons. The first-order chi connectivity index (χ1) is 21.1. The van der Waals surface area contributed by atoms with Crippen molar-refractivity contribution < 1.29 is 23.1 Å². The summed E-state index contributed by atoms with van der Waals surface area (Å²) in [7, 11) is -3.50. The molecular weight excluding hydrogens is 639 g/mol. The Hall–Kier alpha value is -3.21. The van der Waals surface area contributed by atoms with Gasteiger partial charge >= 0.3 is 0 Å². The summed E-state index contributed by atoms with van der Waals surface area (Å²) in [5, 5.41) is 9.92. The monoisotopic (exact) mass is 670 g/mol. The van der Waals surface area contributed by atoms with Crippen LogP contribution < -0.4 is 5.73 Å². The number of likely N-dealkylation sites (tertiary alicyclic amines) is 1. The summed E-state index contributed by atoms with van der Waals surface area (Å²) < 4.78 is 25.6. The number of carbonyl (C=O) groups excluding carboxylic acids is 2. The second-order valence-electron chi connectivity index (χ2n) is 10.9. The van der Waals surface area contributed by atoms with Crippen LogP contribution in [-0.4, -0.2) is 55.7 Å². The Labute approximate surface area is 271 Å². The summed E-state index contributed by atoms with van der Waals surface area (Å²) >= 11 is 14.1. The first-order valence-electron chi connectivity index (χ1n) is 14.2. The number of nitrogens with zero attached hydrogens (tertiary/aromatic N) is 1. The minimum Gasteiger partial charge on any atom is -0.396 e. The van der Waals surface area contributed by atoms with Crippen LogP contribution in [0.2, 0.25) is 10.0 Å². The molecule has 2 amide bonds. The van der Waals surface area contributed by atoms with Gasteiger partial charge in [0.05, 0.1) is 26.0 Å². The standard InChI is InChI=1S/C33H32Cl2N2O5S2/c34-24-10-13-26(28(35)20-24)30-27(22-8-11-25(12-9-22)44(41,42)19-5-4-18-38)21-29(43-30)31(39)37-16-14-33(15-17-37,32(36)40)23-6-2-1-3-7-23/h1-3,6-13,20-21,38H,4-5,14-19H2,(H2,36,40). The van der Waals surface area contributed by atoms with E-state index in [0.717, 1.165) is 21.6 Å². The van der Waals surface area contributed by atoms with Crippen LogP contribution >= 0.6 is 34.5 Å². The first-order valence-corrected chi connectivity index (χ1v) is 17.5. The number of hydrogen-bond donors (Lipinski definition) is 2. The highest BCUT2D eigenvalue weighted by atomic mass is 35.5. The van der Waals surface area contributed by atoms with Gasteiger partial charge in [0.1, 0.15) is 0 Å². The average molecular weight is 672 g/mol. The number of unbranched alkanes of at least 4 members (excludes halogenated alkanes) is 1. The third kappa shape index (κ3) is 6.57. The van der Waals surface area contributed by atoms with Gasteiger partial charge in [-0.05, 0) is 67.1 Å². The lowest BCUT2D eigenvalue weighted by Gasteiger charge is -2.40. The molecule has 4 aromatic rings. The molecule has 1 aliphatic heterocycles. The summed E-state index contributed by atoms with van der Waals surface area (Å²) in [6.07, 6.45) is 1.63. The van der Waals surface area contributed by atoms with Crippen LogP contribution in [0.3, 0.4) is 0 Å². The molecule has 7 nitrogen and oxygen atoms in total. The van der Waals surface area contributed by atoms with Gasteiger partial charge in [-0.25, -0.2) is 8.42 Å². The van der Waals surface area contributed by atoms with Crippen LogP contribution in [0.4, 0.5) is 0 Å². The Balaban J connectivity index is 1.46. The maximum Gasteiger partial charge on any atom is 0.263 e. The molecule has 0 unspecified atom stereocenters. The van der Waals surface area contributed by atoms with E-state index in [-0.39, 0.29) is 23.2 Å². The highest BCUT2D eigenvalue weighted by Gasteiger charge is 2.42. The lowest BCUT2D eigenvalue weighted by Crippen LogP contribution is -2.51. The number of sulfone groups is 1. The predicted octanol–water partition coefficient (Wildman–Crippen LogP) is 6.59. The van der Waals surface area contributed by atoms with E-state index in [9.17, 15) is 18.0 Å². The molecule has 1 aromatic heterocycles. The maximum atomic E-state index is 13.9. The fourth-order valence-electron chi connectivity index (χ4n) is 5.63. The van der Waals surface area contributed by atoms with Gasteiger partial charge in [0.25, 0.3) is 5.91 Å². The zero-order valence-electron chi connectivity index (χ0n) is 23.8. The molecule has 3 N–H and O–H groups in total. The summed E-state index contributed by atoms with van der Waals surface area (Å²) in [5.41, 5.74) is 8.09. The number of amides is 2. The fourth-order valence-corrected chi connectivity index (χ4v) is 8.75. The van der Waals surface area contributed by atoms with Gasteiger partial charge < -0.3 is 15.7 Å². The molecule has 0 bridgehead atoms. The lowest BCUT2D eigenvalue weighted by atomic mass is 9.72. The van der Waals surface area contributed by atoms with E-state index in [2.05, 4.69) is 0 Å². The Morgan fingerprint density at radius 1 is 0.909 bits per heavy atom. The van der Waals surface area contributed by atoms with Crippen molar-refractivity contribution in [2.45, 2.75) is 36.0 Å². The largest absolute Gasteiger partial charge is 0.396 e. The second-order valence-corrected chi connectivity index (χ2v) is 14.9. The average Bonchev–Trinajstić information content (AvgIpc) is 3.46. The topological polar surface area (TPSA) is 118 Å². The van der Waals surface area contributed by atoms with E-state index >= 15 is 0 Å². The van der Waals surface area contributed by atoms with E-state index in [4.69, 9.17) is 34.0 Å². The van der Waals surface area contributed by atoms with Crippen LogP contribution in [0.25, 0.3) is 21.6 Å². The molecule has 1 aliphatic rings. The van der Waals surface area contributed by atoms with Crippen molar-refractivity contribution in [3.8, 4) is 21.6 Å². The quantitative estimate of drug-likeness (QED) is 0.185. The van der Waals surface area contributed by atoms with Crippen molar-refractivity contribution in [1.82, 2.24) is 4.90 Å². The molecular formula is C33H32Cl2N2O5S2. The number of halogens is 2. The van der Waals surface area contributed by atoms with Crippen molar-refractivity contribution in [2.75, 3.05) is 25.4 Å². The number of aliphatic hydroxyl groups is 1. The van der Waals surface area contributed by atoms with Crippen molar-refractivity contribution >= 4 is 56.2 Å². The van der Waals surface area contributed by atoms with E-state index < -0.39 is 21.2 Å². The minimum atomic E-state index is -3.50. The predicted molar refractivity (Wildman–Crippen MR) is 176 cm³/mol. The van der Waals surface area contributed by atoms with Crippen molar-refractivity contribution in [2.24, 2.45) is 5.73 Å². The van der Waals surface area contributed by atoms with E-state index in [1.54, 1.807) is 47.4 Å². The Morgan fingerprint density at radius 3 is 2.20 bits per heavy atom. The molecule has 5 rings (SSSR count). The molecule has 0 saturated carbocycles. The summed E-state index contributed by atoms with van der Waals surface area (Å²) in [6.45, 7) is 0.674. The third-order valence-corrected chi connectivity index (χ3v) is 11.7. The smallest absolute Gasteiger partial charge is 0.263 e. The van der Waals surface area contributed by atoms with Gasteiger partial charge in [0.2, 0.25) is 5.91 Å². The summed E-state index contributed by atoms with van der Waals surface area (Å²) in [6, 6.07) is 23.0. The number of primary amides is 1. The number of piperidine rings is 1. The molecule has 0 atom stereocenters. The molecule has 0 spiro atoms. The second kappa shape index (κ2) is 13.4. The molecule has 11 heteroatoms. The number of nitrogens with two attached hydrogens (primary N) is 1. The minimum absolute atomic E-state index is 0.0488. The van der Waals surface area contributed by atoms with Crippen molar-refractivity contribution in [3.63, 3.8) is 0 Å². The molecule has 1 fully saturated rings. The van der Waals surface area contributed by atoms with Gasteiger partial charge in [-0.3, -0.25) is 9.59 Å². The zero-order chi connectivity index (χ0) is 31.5. The highest BCUT2D eigenvalue weighted by Crippen LogP contribution is 2.44. The van der Waals surface area contributed by atoms with Crippen LogP contribution in [-0.2, 0) is 20.0 Å². The molecule has 230 valence electrons. The molecule has 2 heterocycles. The van der Waals surface area contributed by atoms with E-state index in [0.29, 0.717) is 59.3 Å². The van der Waals surface area contributed by atoms with Crippen LogP contribution in [0, 0.1) is 0 Å². The van der Waals surface area contributed by atoms with Crippen molar-refractivity contribution in [1.29, 1.82) is 0 Å². The van der Waals surface area contributed by atoms with Gasteiger partial charge in [0.15, 0.2) is 9.84 Å². The molecule has 1 saturated heterocycles. The van der Waals surface area contributed by atoms with E-state index in [1.165, 1.54) is 11.3 Å². The maximum absolute atomic E-state index is 13.9. The number of thiophene rings is 1. The number of carbonyl (C=O) groups is 2. The molecule has 44 heavy (non-hydrogen) atoms. The Morgan fingerprint density at radius 2 is 1.59 bits per heavy atom. The third-order valence-electron chi connectivity index (χ3n) is 8.17. The van der Waals surface area contributed by atoms with E-state index in [1.807, 2.05) is 36.4 Å². The number of rotatable bonds is 10.